The first-order chi connectivity index (χ1) is 16.0. The Balaban J connectivity index is 1.36. The fourth-order valence-electron chi connectivity index (χ4n) is 3.35. The summed E-state index contributed by atoms with van der Waals surface area (Å²) in [6.07, 6.45) is 0.755. The van der Waals surface area contributed by atoms with Crippen LogP contribution in [-0.4, -0.2) is 46.7 Å². The molecule has 3 N–H and O–H groups in total. The molecule has 0 atom stereocenters. The van der Waals surface area contributed by atoms with Crippen LogP contribution in [0.2, 0.25) is 0 Å². The van der Waals surface area contributed by atoms with Crippen LogP contribution in [0.15, 0.2) is 40.8 Å². The van der Waals surface area contributed by atoms with Crippen molar-refractivity contribution in [3.05, 3.63) is 47.9 Å². The Morgan fingerprint density at radius 1 is 1.09 bits per heavy atom. The van der Waals surface area contributed by atoms with E-state index in [-0.39, 0.29) is 18.1 Å². The summed E-state index contributed by atoms with van der Waals surface area (Å²) < 4.78 is 16.2. The number of benzene rings is 2. The van der Waals surface area contributed by atoms with Crippen LogP contribution in [-0.2, 0) is 0 Å². The van der Waals surface area contributed by atoms with E-state index in [2.05, 4.69) is 25.5 Å². The quantitative estimate of drug-likeness (QED) is 0.288. The molecule has 0 aliphatic rings. The van der Waals surface area contributed by atoms with Gasteiger partial charge < -0.3 is 24.9 Å². The zero-order valence-electron chi connectivity index (χ0n) is 18.6. The molecular formula is C23H24N6O4. The number of nitrogen functional groups attached to an aromatic ring is 1. The number of hydrogen-bond donors (Lipinski definition) is 2. The highest BCUT2D eigenvalue weighted by atomic mass is 16.5. The summed E-state index contributed by atoms with van der Waals surface area (Å²) >= 11 is 0. The van der Waals surface area contributed by atoms with E-state index in [4.69, 9.17) is 19.6 Å². The van der Waals surface area contributed by atoms with Crippen LogP contribution in [0.3, 0.4) is 0 Å². The van der Waals surface area contributed by atoms with Crippen molar-refractivity contribution >= 4 is 28.5 Å². The molecule has 10 heteroatoms. The summed E-state index contributed by atoms with van der Waals surface area (Å²) in [5.74, 6) is 1.87. The smallest absolute Gasteiger partial charge is 0.284 e. The number of fused-ring (bicyclic) bond motifs is 1. The third-order valence-corrected chi connectivity index (χ3v) is 5.02. The van der Waals surface area contributed by atoms with E-state index in [9.17, 15) is 4.79 Å². The number of carbonyl (C=O) groups is 1. The van der Waals surface area contributed by atoms with Crippen molar-refractivity contribution in [3.8, 4) is 23.0 Å². The summed E-state index contributed by atoms with van der Waals surface area (Å²) in [7, 11) is 3.10. The van der Waals surface area contributed by atoms with Crippen molar-refractivity contribution in [2.45, 2.75) is 19.8 Å². The second-order valence-corrected chi connectivity index (χ2v) is 7.39. The monoisotopic (exact) mass is 448 g/mol. The summed E-state index contributed by atoms with van der Waals surface area (Å²) in [4.78, 5) is 21.2. The maximum atomic E-state index is 12.4. The number of carbonyl (C=O) groups excluding carboxylic acids is 1. The number of nitrogens with two attached hydrogens (primary N) is 1. The van der Waals surface area contributed by atoms with Crippen LogP contribution in [0.4, 0.5) is 11.8 Å². The molecule has 2 heterocycles. The molecule has 0 spiro atoms. The van der Waals surface area contributed by atoms with E-state index in [1.807, 2.05) is 31.2 Å². The minimum absolute atomic E-state index is 0.00116. The van der Waals surface area contributed by atoms with E-state index in [1.165, 1.54) is 0 Å². The number of methoxy groups -OCH3 is 2. The van der Waals surface area contributed by atoms with E-state index in [0.29, 0.717) is 53.0 Å². The Morgan fingerprint density at radius 2 is 1.88 bits per heavy atom. The van der Waals surface area contributed by atoms with Gasteiger partial charge in [0.25, 0.3) is 5.89 Å². The molecule has 0 saturated carbocycles. The number of hydrogen-bond acceptors (Lipinski definition) is 10. The lowest BCUT2D eigenvalue weighted by atomic mass is 10.1. The lowest BCUT2D eigenvalue weighted by Crippen LogP contribution is -2.09. The number of Topliss-reactive ketones (excluding diaryl/α,β-unsaturated/α-hetero) is 1. The van der Waals surface area contributed by atoms with E-state index in [0.717, 1.165) is 11.1 Å². The SMILES string of the molecule is COc1cc2nc(NCCCC(=O)c3nnc(-c4cccc(C)c4)o3)nc(N)c2cc1OC. The normalized spacial score (nSPS) is 10.9. The van der Waals surface area contributed by atoms with Crippen molar-refractivity contribution in [1.29, 1.82) is 0 Å². The van der Waals surface area contributed by atoms with E-state index in [1.54, 1.807) is 26.4 Å². The van der Waals surface area contributed by atoms with Gasteiger partial charge in [0.15, 0.2) is 11.5 Å². The third kappa shape index (κ3) is 4.84. The molecular weight excluding hydrogens is 424 g/mol. The molecule has 0 bridgehead atoms. The predicted octanol–water partition coefficient (Wildman–Crippen LogP) is 3.66. The number of rotatable bonds is 9. The molecule has 33 heavy (non-hydrogen) atoms. The maximum Gasteiger partial charge on any atom is 0.284 e. The van der Waals surface area contributed by atoms with Crippen molar-refractivity contribution in [1.82, 2.24) is 20.2 Å². The first kappa shape index (κ1) is 22.0. The van der Waals surface area contributed by atoms with Crippen LogP contribution in [0.25, 0.3) is 22.4 Å². The van der Waals surface area contributed by atoms with Gasteiger partial charge in [0.05, 0.1) is 19.7 Å². The Kier molecular flexibility index (Phi) is 6.34. The second-order valence-electron chi connectivity index (χ2n) is 7.39. The number of ether oxygens (including phenoxy) is 2. The molecule has 10 nitrogen and oxygen atoms in total. The molecule has 2 aromatic heterocycles. The van der Waals surface area contributed by atoms with Crippen LogP contribution in [0.5, 0.6) is 11.5 Å². The van der Waals surface area contributed by atoms with Crippen molar-refractivity contribution in [2.24, 2.45) is 0 Å². The number of nitrogens with one attached hydrogen (secondary N) is 1. The largest absolute Gasteiger partial charge is 0.493 e. The second kappa shape index (κ2) is 9.51. The van der Waals surface area contributed by atoms with Gasteiger partial charge in [0, 0.05) is 30.0 Å². The Bertz CT molecular complexity index is 1300. The maximum absolute atomic E-state index is 12.4. The Morgan fingerprint density at radius 3 is 2.64 bits per heavy atom. The molecule has 170 valence electrons. The van der Waals surface area contributed by atoms with Gasteiger partial charge in [-0.25, -0.2) is 4.98 Å². The zero-order valence-corrected chi connectivity index (χ0v) is 18.6. The van der Waals surface area contributed by atoms with Gasteiger partial charge in [-0.2, -0.15) is 4.98 Å². The first-order valence-corrected chi connectivity index (χ1v) is 10.4. The van der Waals surface area contributed by atoms with Gasteiger partial charge in [-0.3, -0.25) is 4.79 Å². The average Bonchev–Trinajstić information content (AvgIpc) is 3.31. The van der Waals surface area contributed by atoms with Gasteiger partial charge in [-0.1, -0.05) is 17.7 Å². The standard InChI is InChI=1S/C23H24N6O4/c1-13-6-4-7-14(10-13)21-28-29-22(33-21)17(30)8-5-9-25-23-26-16-12-19(32-3)18(31-2)11-15(16)20(24)27-23/h4,6-7,10-12H,5,8-9H2,1-3H3,(H3,24,25,26,27). The van der Waals surface area contributed by atoms with Crippen LogP contribution in [0.1, 0.15) is 29.1 Å². The van der Waals surface area contributed by atoms with Gasteiger partial charge in [0.2, 0.25) is 17.6 Å². The summed E-state index contributed by atoms with van der Waals surface area (Å²) in [5.41, 5.74) is 8.56. The molecule has 0 amide bonds. The Labute approximate surface area is 190 Å². The molecule has 4 rings (SSSR count). The molecule has 0 aliphatic carbocycles. The summed E-state index contributed by atoms with van der Waals surface area (Å²) in [6, 6.07) is 11.1. The molecule has 0 aliphatic heterocycles. The molecule has 4 aromatic rings. The number of nitrogens with zero attached hydrogens (tertiary/aromatic N) is 4. The number of aryl methyl sites for hydroxylation is 1. The van der Waals surface area contributed by atoms with E-state index < -0.39 is 0 Å². The zero-order chi connectivity index (χ0) is 23.4. The van der Waals surface area contributed by atoms with Crippen LogP contribution < -0.4 is 20.5 Å². The van der Waals surface area contributed by atoms with Crippen LogP contribution >= 0.6 is 0 Å². The minimum atomic E-state index is -0.223. The number of aromatic nitrogens is 4. The lowest BCUT2D eigenvalue weighted by Gasteiger charge is -2.11. The third-order valence-electron chi connectivity index (χ3n) is 5.02. The van der Waals surface area contributed by atoms with Gasteiger partial charge in [0.1, 0.15) is 5.82 Å². The van der Waals surface area contributed by atoms with Gasteiger partial charge in [-0.15, -0.1) is 10.2 Å². The number of ketones is 1. The van der Waals surface area contributed by atoms with Crippen LogP contribution in [0, 0.1) is 6.92 Å². The van der Waals surface area contributed by atoms with Crippen molar-refractivity contribution < 1.29 is 18.7 Å². The van der Waals surface area contributed by atoms with Crippen molar-refractivity contribution in [2.75, 3.05) is 31.8 Å². The highest BCUT2D eigenvalue weighted by molar-refractivity contribution is 5.92. The highest BCUT2D eigenvalue weighted by Crippen LogP contribution is 2.33. The fraction of sp³-hybridized carbons (Fsp3) is 0.261. The van der Waals surface area contributed by atoms with Gasteiger partial charge >= 0.3 is 0 Å². The topological polar surface area (TPSA) is 138 Å². The lowest BCUT2D eigenvalue weighted by molar-refractivity contribution is 0.0948. The summed E-state index contributed by atoms with van der Waals surface area (Å²) in [5, 5.41) is 11.6. The molecule has 2 aromatic carbocycles. The predicted molar refractivity (Wildman–Crippen MR) is 124 cm³/mol. The summed E-state index contributed by atoms with van der Waals surface area (Å²) in [6.45, 7) is 2.43. The highest BCUT2D eigenvalue weighted by Gasteiger charge is 2.16. The molecule has 0 unspecified atom stereocenters. The molecule has 0 fully saturated rings. The van der Waals surface area contributed by atoms with E-state index >= 15 is 0 Å². The molecule has 0 saturated heterocycles. The fourth-order valence-corrected chi connectivity index (χ4v) is 3.35. The Hall–Kier alpha value is -4.21. The molecule has 0 radical (unpaired) electrons. The average molecular weight is 448 g/mol. The minimum Gasteiger partial charge on any atom is -0.493 e. The first-order valence-electron chi connectivity index (χ1n) is 10.4. The van der Waals surface area contributed by atoms with Gasteiger partial charge in [-0.05, 0) is 31.5 Å². The number of anilines is 2. The van der Waals surface area contributed by atoms with Crippen molar-refractivity contribution in [3.63, 3.8) is 0 Å².